The molecular formula is C19H16Cl2N8O2. The fraction of sp³-hybridized carbons (Fsp3) is 0.211. The summed E-state index contributed by atoms with van der Waals surface area (Å²) in [6, 6.07) is 5.49. The Kier molecular flexibility index (Phi) is 4.87. The van der Waals surface area contributed by atoms with Crippen LogP contribution in [0.2, 0.25) is 10.0 Å². The van der Waals surface area contributed by atoms with Crippen molar-refractivity contribution in [3.8, 4) is 5.88 Å². The van der Waals surface area contributed by atoms with Gasteiger partial charge in [0.05, 0.1) is 12.2 Å². The van der Waals surface area contributed by atoms with Crippen molar-refractivity contribution in [3.63, 3.8) is 0 Å². The van der Waals surface area contributed by atoms with E-state index in [1.165, 1.54) is 4.52 Å². The van der Waals surface area contributed by atoms with Crippen molar-refractivity contribution in [1.82, 2.24) is 29.5 Å². The summed E-state index contributed by atoms with van der Waals surface area (Å²) >= 11 is 12.1. The lowest BCUT2D eigenvalue weighted by molar-refractivity contribution is 0.454. The average molecular weight is 459 g/mol. The lowest BCUT2D eigenvalue weighted by Crippen LogP contribution is -2.24. The second-order valence-corrected chi connectivity index (χ2v) is 8.03. The van der Waals surface area contributed by atoms with Gasteiger partial charge < -0.3 is 15.4 Å². The maximum Gasteiger partial charge on any atom is 0.326 e. The van der Waals surface area contributed by atoms with E-state index in [0.29, 0.717) is 39.0 Å². The molecule has 1 aromatic carbocycles. The fourth-order valence-electron chi connectivity index (χ4n) is 3.05. The molecule has 0 unspecified atom stereocenters. The van der Waals surface area contributed by atoms with Gasteiger partial charge in [-0.15, -0.1) is 0 Å². The van der Waals surface area contributed by atoms with E-state index in [-0.39, 0.29) is 17.6 Å². The molecule has 1 fully saturated rings. The maximum atomic E-state index is 11.4. The minimum Gasteiger partial charge on any atom is -0.493 e. The quantitative estimate of drug-likeness (QED) is 0.356. The SMILES string of the molecule is O=c1[nH]c(O)c(/C=c2\cnn3c(=NC4CC4)nc(NCc4cc(Cl)cc(Cl)c4)nc23)[nH]1. The van der Waals surface area contributed by atoms with E-state index in [0.717, 1.165) is 18.4 Å². The Labute approximate surface area is 184 Å². The lowest BCUT2D eigenvalue weighted by atomic mass is 10.2. The van der Waals surface area contributed by atoms with Crippen LogP contribution in [0.1, 0.15) is 24.1 Å². The van der Waals surface area contributed by atoms with Gasteiger partial charge in [-0.3, -0.25) is 4.98 Å². The summed E-state index contributed by atoms with van der Waals surface area (Å²) in [5, 5.41) is 19.0. The number of hydrogen-bond donors (Lipinski definition) is 4. The number of anilines is 1. The summed E-state index contributed by atoms with van der Waals surface area (Å²) in [4.78, 5) is 29.9. The van der Waals surface area contributed by atoms with Gasteiger partial charge in [-0.25, -0.2) is 9.79 Å². The van der Waals surface area contributed by atoms with E-state index in [1.807, 2.05) is 0 Å². The minimum absolute atomic E-state index is 0.222. The van der Waals surface area contributed by atoms with Gasteiger partial charge in [-0.05, 0) is 42.7 Å². The minimum atomic E-state index is -0.512. The van der Waals surface area contributed by atoms with Gasteiger partial charge in [0.25, 0.3) is 5.62 Å². The largest absolute Gasteiger partial charge is 0.493 e. The van der Waals surface area contributed by atoms with Gasteiger partial charge in [0.1, 0.15) is 5.69 Å². The molecule has 0 amide bonds. The van der Waals surface area contributed by atoms with Gasteiger partial charge in [-0.1, -0.05) is 23.2 Å². The molecule has 12 heteroatoms. The lowest BCUT2D eigenvalue weighted by Gasteiger charge is -2.06. The summed E-state index contributed by atoms with van der Waals surface area (Å²) in [6.45, 7) is 0.401. The summed E-state index contributed by atoms with van der Waals surface area (Å²) in [7, 11) is 0. The van der Waals surface area contributed by atoms with Crippen molar-refractivity contribution >= 4 is 40.9 Å². The molecule has 5 rings (SSSR count). The van der Waals surface area contributed by atoms with E-state index in [1.54, 1.807) is 30.5 Å². The number of aromatic hydroxyl groups is 1. The number of nitrogens with zero attached hydrogens (tertiary/aromatic N) is 5. The van der Waals surface area contributed by atoms with Crippen molar-refractivity contribution in [1.29, 1.82) is 0 Å². The maximum absolute atomic E-state index is 11.4. The number of benzene rings is 1. The molecule has 0 aliphatic heterocycles. The van der Waals surface area contributed by atoms with Gasteiger partial charge >= 0.3 is 5.69 Å². The van der Waals surface area contributed by atoms with Gasteiger partial charge in [-0.2, -0.15) is 19.6 Å². The van der Waals surface area contributed by atoms with Crippen LogP contribution < -0.4 is 21.8 Å². The van der Waals surface area contributed by atoms with Gasteiger partial charge in [0.2, 0.25) is 11.8 Å². The normalized spacial score (nSPS) is 15.2. The molecule has 4 aromatic rings. The van der Waals surface area contributed by atoms with Crippen LogP contribution in [0.15, 0.2) is 34.2 Å². The van der Waals surface area contributed by atoms with Crippen molar-refractivity contribution in [3.05, 3.63) is 67.0 Å². The van der Waals surface area contributed by atoms with E-state index >= 15 is 0 Å². The summed E-state index contributed by atoms with van der Waals surface area (Å²) in [6.07, 6.45) is 5.16. The summed E-state index contributed by atoms with van der Waals surface area (Å²) < 4.78 is 1.54. The molecule has 0 bridgehead atoms. The van der Waals surface area contributed by atoms with Crippen LogP contribution in [0.4, 0.5) is 5.95 Å². The van der Waals surface area contributed by atoms with Crippen LogP contribution in [-0.2, 0) is 6.54 Å². The first kappa shape index (κ1) is 19.6. The molecule has 0 spiro atoms. The number of imidazole rings is 1. The number of H-pyrrole nitrogens is 2. The van der Waals surface area contributed by atoms with E-state index < -0.39 is 5.69 Å². The number of rotatable bonds is 5. The van der Waals surface area contributed by atoms with Crippen LogP contribution >= 0.6 is 23.2 Å². The third-order valence-electron chi connectivity index (χ3n) is 4.63. The van der Waals surface area contributed by atoms with Crippen molar-refractivity contribution in [2.24, 2.45) is 4.99 Å². The first-order valence-corrected chi connectivity index (χ1v) is 10.2. The third-order valence-corrected chi connectivity index (χ3v) is 5.07. The second-order valence-electron chi connectivity index (χ2n) is 7.16. The number of nitrogens with one attached hydrogen (secondary N) is 3. The standard InChI is InChI=1S/C19H16Cl2N8O2/c20-11-3-9(4-12(21)6-11)7-22-17-26-15-10(5-14-16(30)27-19(31)25-14)8-23-29(15)18(28-17)24-13-1-2-13/h3-6,8,13,30H,1-2,7H2,(H,22,24,28)(H2,25,27,31)/b10-5+. The Morgan fingerprint density at radius 3 is 2.68 bits per heavy atom. The smallest absolute Gasteiger partial charge is 0.326 e. The number of halogens is 2. The number of fused-ring (bicyclic) bond motifs is 1. The Bertz CT molecular complexity index is 1450. The summed E-state index contributed by atoms with van der Waals surface area (Å²) in [5.41, 5.74) is 1.48. The van der Waals surface area contributed by atoms with Crippen LogP contribution in [0.25, 0.3) is 11.7 Å². The molecule has 0 saturated heterocycles. The first-order chi connectivity index (χ1) is 14.9. The zero-order chi connectivity index (χ0) is 21.5. The van der Waals surface area contributed by atoms with Gasteiger partial charge in [0.15, 0.2) is 5.65 Å². The molecule has 1 aliphatic rings. The molecular weight excluding hydrogens is 443 g/mol. The van der Waals surface area contributed by atoms with E-state index in [9.17, 15) is 9.90 Å². The zero-order valence-electron chi connectivity index (χ0n) is 15.9. The van der Waals surface area contributed by atoms with Crippen LogP contribution in [0.3, 0.4) is 0 Å². The molecule has 10 nitrogen and oxygen atoms in total. The van der Waals surface area contributed by atoms with Crippen LogP contribution in [-0.4, -0.2) is 40.7 Å². The highest BCUT2D eigenvalue weighted by Crippen LogP contribution is 2.22. The molecule has 31 heavy (non-hydrogen) atoms. The van der Waals surface area contributed by atoms with Gasteiger partial charge in [0, 0.05) is 21.8 Å². The van der Waals surface area contributed by atoms with Crippen molar-refractivity contribution < 1.29 is 5.11 Å². The van der Waals surface area contributed by atoms with E-state index in [2.05, 4.69) is 35.3 Å². The highest BCUT2D eigenvalue weighted by atomic mass is 35.5. The predicted octanol–water partition coefficient (Wildman–Crippen LogP) is 1.38. The Balaban J connectivity index is 1.58. The molecule has 158 valence electrons. The topological polar surface area (TPSA) is 136 Å². The first-order valence-electron chi connectivity index (χ1n) is 9.46. The molecule has 1 saturated carbocycles. The van der Waals surface area contributed by atoms with Crippen LogP contribution in [0, 0.1) is 0 Å². The molecule has 3 aromatic heterocycles. The highest BCUT2D eigenvalue weighted by Gasteiger charge is 2.21. The number of aromatic amines is 2. The molecule has 4 N–H and O–H groups in total. The summed E-state index contributed by atoms with van der Waals surface area (Å²) in [5.74, 6) is 0.0856. The average Bonchev–Trinajstić information content (AvgIpc) is 3.34. The second kappa shape index (κ2) is 7.71. The number of hydrogen-bond acceptors (Lipinski definition) is 7. The predicted molar refractivity (Wildman–Crippen MR) is 115 cm³/mol. The van der Waals surface area contributed by atoms with E-state index in [4.69, 9.17) is 23.2 Å². The Hall–Kier alpha value is -3.37. The fourth-order valence-corrected chi connectivity index (χ4v) is 3.62. The number of aromatic nitrogens is 6. The molecule has 0 radical (unpaired) electrons. The van der Waals surface area contributed by atoms with Crippen molar-refractivity contribution in [2.75, 3.05) is 5.32 Å². The Morgan fingerprint density at radius 1 is 1.23 bits per heavy atom. The van der Waals surface area contributed by atoms with Crippen molar-refractivity contribution in [2.45, 2.75) is 25.4 Å². The Morgan fingerprint density at radius 2 is 2.00 bits per heavy atom. The third kappa shape index (κ3) is 4.25. The highest BCUT2D eigenvalue weighted by molar-refractivity contribution is 6.34. The molecule has 3 heterocycles. The monoisotopic (exact) mass is 458 g/mol. The zero-order valence-corrected chi connectivity index (χ0v) is 17.4. The molecule has 1 aliphatic carbocycles. The molecule has 0 atom stereocenters. The van der Waals surface area contributed by atoms with Crippen LogP contribution in [0.5, 0.6) is 5.88 Å².